The maximum atomic E-state index is 11.6. The molecule has 5 rings (SSSR count). The highest BCUT2D eigenvalue weighted by atomic mass is 16.3. The van der Waals surface area contributed by atoms with Gasteiger partial charge in [-0.05, 0) is 36.5 Å². The smallest absolute Gasteiger partial charge is 0.219 e. The minimum absolute atomic E-state index is 0.127. The molecule has 0 radical (unpaired) electrons. The fourth-order valence-electron chi connectivity index (χ4n) is 5.06. The third-order valence-corrected chi connectivity index (χ3v) is 7.02. The number of likely N-dealkylation sites (tertiary alicyclic amines) is 1. The number of aromatic nitrogens is 3. The van der Waals surface area contributed by atoms with Gasteiger partial charge >= 0.3 is 0 Å². The number of β-amino-alcohol motifs (C(OH)–C–C–N with tert-alkyl or cyclic N) is 1. The lowest BCUT2D eigenvalue weighted by atomic mass is 10.00. The van der Waals surface area contributed by atoms with E-state index in [4.69, 9.17) is 0 Å². The first kappa shape index (κ1) is 23.4. The molecular formula is C26H33N7O2. The van der Waals surface area contributed by atoms with Gasteiger partial charge in [-0.2, -0.15) is 0 Å². The number of nitrogens with zero attached hydrogens (tertiary/aromatic N) is 5. The van der Waals surface area contributed by atoms with Crippen molar-refractivity contribution in [2.24, 2.45) is 0 Å². The number of hydrogen-bond donors (Lipinski definition) is 3. The maximum Gasteiger partial charge on any atom is 0.219 e. The summed E-state index contributed by atoms with van der Waals surface area (Å²) in [5.74, 6) is 1.54. The van der Waals surface area contributed by atoms with Crippen LogP contribution in [0, 0.1) is 0 Å². The molecule has 1 aromatic carbocycles. The molecule has 184 valence electrons. The molecule has 0 spiro atoms. The van der Waals surface area contributed by atoms with Gasteiger partial charge < -0.3 is 20.6 Å². The summed E-state index contributed by atoms with van der Waals surface area (Å²) in [6.45, 7) is 5.96. The lowest BCUT2D eigenvalue weighted by molar-refractivity contribution is -0.129. The second-order valence-electron chi connectivity index (χ2n) is 9.49. The molecule has 2 aliphatic rings. The van der Waals surface area contributed by atoms with Crippen LogP contribution in [0.15, 0.2) is 42.9 Å². The summed E-state index contributed by atoms with van der Waals surface area (Å²) in [6, 6.07) is 10.7. The van der Waals surface area contributed by atoms with Crippen LogP contribution in [-0.2, 0) is 17.8 Å². The van der Waals surface area contributed by atoms with Gasteiger partial charge in [-0.25, -0.2) is 15.0 Å². The van der Waals surface area contributed by atoms with Gasteiger partial charge in [-0.3, -0.25) is 9.69 Å². The van der Waals surface area contributed by atoms with Crippen LogP contribution in [0.4, 0.5) is 11.6 Å². The molecule has 2 aliphatic heterocycles. The number of carbonyl (C=O) groups is 1. The Morgan fingerprint density at radius 3 is 2.69 bits per heavy atom. The molecule has 4 heterocycles. The number of carbonyl (C=O) groups excluding carboxylic acids is 1. The van der Waals surface area contributed by atoms with E-state index in [1.807, 2.05) is 11.0 Å². The van der Waals surface area contributed by atoms with E-state index in [1.165, 1.54) is 17.5 Å². The second kappa shape index (κ2) is 10.5. The van der Waals surface area contributed by atoms with Gasteiger partial charge in [-0.15, -0.1) is 0 Å². The Balaban J connectivity index is 1.20. The van der Waals surface area contributed by atoms with E-state index in [0.717, 1.165) is 62.2 Å². The first-order valence-electron chi connectivity index (χ1n) is 12.4. The minimum Gasteiger partial charge on any atom is -0.390 e. The summed E-state index contributed by atoms with van der Waals surface area (Å²) < 4.78 is 0. The van der Waals surface area contributed by atoms with Crippen molar-refractivity contribution < 1.29 is 9.90 Å². The van der Waals surface area contributed by atoms with Crippen molar-refractivity contribution >= 4 is 28.4 Å². The van der Waals surface area contributed by atoms with Crippen molar-refractivity contribution in [1.29, 1.82) is 0 Å². The molecule has 0 bridgehead atoms. The molecule has 1 amide bonds. The van der Waals surface area contributed by atoms with Gasteiger partial charge in [0, 0.05) is 63.8 Å². The highest BCUT2D eigenvalue weighted by Gasteiger charge is 2.22. The maximum absolute atomic E-state index is 11.6. The molecule has 35 heavy (non-hydrogen) atoms. The molecule has 1 fully saturated rings. The van der Waals surface area contributed by atoms with Gasteiger partial charge in [0.2, 0.25) is 5.91 Å². The largest absolute Gasteiger partial charge is 0.390 e. The number of amides is 1. The predicted octanol–water partition coefficient (Wildman–Crippen LogP) is 2.28. The number of hydrogen-bond acceptors (Lipinski definition) is 8. The first-order valence-corrected chi connectivity index (χ1v) is 12.4. The van der Waals surface area contributed by atoms with E-state index in [9.17, 15) is 9.90 Å². The van der Waals surface area contributed by atoms with Crippen LogP contribution < -0.4 is 10.6 Å². The minimum atomic E-state index is -0.517. The molecule has 1 atom stereocenters. The fraction of sp³-hybridized carbons (Fsp3) is 0.462. The van der Waals surface area contributed by atoms with Crippen molar-refractivity contribution in [3.63, 3.8) is 0 Å². The van der Waals surface area contributed by atoms with Crippen LogP contribution in [0.3, 0.4) is 0 Å². The average molecular weight is 476 g/mol. The second-order valence-corrected chi connectivity index (χ2v) is 9.49. The van der Waals surface area contributed by atoms with E-state index in [-0.39, 0.29) is 11.9 Å². The lowest BCUT2D eigenvalue weighted by Gasteiger charge is -2.32. The Morgan fingerprint density at radius 2 is 1.89 bits per heavy atom. The van der Waals surface area contributed by atoms with Crippen LogP contribution >= 0.6 is 0 Å². The highest BCUT2D eigenvalue weighted by Crippen LogP contribution is 2.26. The van der Waals surface area contributed by atoms with Crippen molar-refractivity contribution in [1.82, 2.24) is 24.8 Å². The van der Waals surface area contributed by atoms with Crippen molar-refractivity contribution in [2.75, 3.05) is 43.4 Å². The van der Waals surface area contributed by atoms with Crippen LogP contribution in [0.2, 0.25) is 0 Å². The molecule has 9 nitrogen and oxygen atoms in total. The molecule has 1 saturated heterocycles. The van der Waals surface area contributed by atoms with Crippen molar-refractivity contribution in [3.05, 3.63) is 54.0 Å². The average Bonchev–Trinajstić information content (AvgIpc) is 2.88. The Kier molecular flexibility index (Phi) is 7.06. The predicted molar refractivity (Wildman–Crippen MR) is 136 cm³/mol. The van der Waals surface area contributed by atoms with Crippen LogP contribution in [0.5, 0.6) is 0 Å². The highest BCUT2D eigenvalue weighted by molar-refractivity contribution is 5.95. The van der Waals surface area contributed by atoms with E-state index < -0.39 is 6.10 Å². The normalized spacial score (nSPS) is 17.7. The van der Waals surface area contributed by atoms with Gasteiger partial charge in [0.1, 0.15) is 17.7 Å². The summed E-state index contributed by atoms with van der Waals surface area (Å²) >= 11 is 0. The monoisotopic (exact) mass is 475 g/mol. The number of benzene rings is 1. The molecule has 1 unspecified atom stereocenters. The standard InChI is InChI=1S/C26H33N7O2/c1-18(34)33-12-8-21(9-13-33)31-26-24-23(6-10-27-26)25(30-17-29-24)28-14-22(35)16-32-11-7-19-4-2-3-5-20(19)15-32/h2-6,10,17,21-22,35H,7-9,11-16H2,1H3,(H,27,31)(H,28,29,30). The molecule has 0 aliphatic carbocycles. The zero-order valence-electron chi connectivity index (χ0n) is 20.2. The molecule has 2 aromatic heterocycles. The first-order chi connectivity index (χ1) is 17.1. The third-order valence-electron chi connectivity index (χ3n) is 7.02. The van der Waals surface area contributed by atoms with Crippen LogP contribution in [-0.4, -0.2) is 80.6 Å². The Bertz CT molecular complexity index is 1180. The quantitative estimate of drug-likeness (QED) is 0.478. The number of aliphatic hydroxyl groups is 1. The Labute approximate surface area is 205 Å². The summed E-state index contributed by atoms with van der Waals surface area (Å²) in [6.07, 6.45) is 5.54. The number of rotatable bonds is 7. The molecule has 9 heteroatoms. The Morgan fingerprint density at radius 1 is 1.09 bits per heavy atom. The molecular weight excluding hydrogens is 442 g/mol. The number of nitrogens with one attached hydrogen (secondary N) is 2. The van der Waals surface area contributed by atoms with Gasteiger partial charge in [0.15, 0.2) is 5.82 Å². The molecule has 0 saturated carbocycles. The van der Waals surface area contributed by atoms with E-state index in [0.29, 0.717) is 18.9 Å². The van der Waals surface area contributed by atoms with Crippen LogP contribution in [0.25, 0.3) is 10.9 Å². The van der Waals surface area contributed by atoms with Crippen molar-refractivity contribution in [2.45, 2.75) is 44.9 Å². The summed E-state index contributed by atoms with van der Waals surface area (Å²) in [5.41, 5.74) is 3.51. The van der Waals surface area contributed by atoms with Crippen molar-refractivity contribution in [3.8, 4) is 0 Å². The number of anilines is 2. The van der Waals surface area contributed by atoms with E-state index >= 15 is 0 Å². The SMILES string of the molecule is CC(=O)N1CCC(Nc2nccc3c(NCC(O)CN4CCc5ccccc5C4)ncnc23)CC1. The zero-order chi connectivity index (χ0) is 24.2. The molecule has 3 aromatic rings. The summed E-state index contributed by atoms with van der Waals surface area (Å²) in [7, 11) is 0. The number of pyridine rings is 1. The third kappa shape index (κ3) is 5.52. The van der Waals surface area contributed by atoms with E-state index in [2.05, 4.69) is 54.8 Å². The van der Waals surface area contributed by atoms with E-state index in [1.54, 1.807) is 13.1 Å². The fourth-order valence-corrected chi connectivity index (χ4v) is 5.06. The number of aliphatic hydroxyl groups excluding tert-OH is 1. The molecule has 3 N–H and O–H groups in total. The Hall–Kier alpha value is -3.30. The number of fused-ring (bicyclic) bond motifs is 2. The topological polar surface area (TPSA) is 107 Å². The van der Waals surface area contributed by atoms with Gasteiger partial charge in [0.25, 0.3) is 0 Å². The number of piperidine rings is 1. The lowest BCUT2D eigenvalue weighted by Crippen LogP contribution is -2.41. The summed E-state index contributed by atoms with van der Waals surface area (Å²) in [5, 5.41) is 18.4. The van der Waals surface area contributed by atoms with Gasteiger partial charge in [-0.1, -0.05) is 24.3 Å². The van der Waals surface area contributed by atoms with Gasteiger partial charge in [0.05, 0.1) is 6.10 Å². The van der Waals surface area contributed by atoms with Crippen LogP contribution in [0.1, 0.15) is 30.9 Å². The zero-order valence-corrected chi connectivity index (χ0v) is 20.2. The summed E-state index contributed by atoms with van der Waals surface area (Å²) in [4.78, 5) is 29.2.